The largest absolute Gasteiger partial charge is 1.00 e. The summed E-state index contributed by atoms with van der Waals surface area (Å²) in [4.78, 5) is 25.5. The molecule has 0 bridgehead atoms. The molecule has 0 aliphatic heterocycles. The average Bonchev–Trinajstić information content (AvgIpc) is 2.49. The summed E-state index contributed by atoms with van der Waals surface area (Å²) in [5.74, 6) is -0.206. The molecule has 0 unspecified atom stereocenters. The molecule has 0 radical (unpaired) electrons. The molecule has 0 saturated heterocycles. The molecule has 0 fully saturated rings. The van der Waals surface area contributed by atoms with Crippen LogP contribution < -0.4 is 56.1 Å². The first-order chi connectivity index (χ1) is 10.5. The molecule has 0 aliphatic rings. The number of esters is 1. The second-order valence-electron chi connectivity index (χ2n) is 4.20. The van der Waals surface area contributed by atoms with Crippen molar-refractivity contribution >= 4 is 12.0 Å². The second kappa shape index (κ2) is 12.3. The van der Waals surface area contributed by atoms with Crippen molar-refractivity contribution in [3.8, 4) is 11.5 Å². The van der Waals surface area contributed by atoms with Crippen LogP contribution in [0.1, 0.15) is 18.4 Å². The van der Waals surface area contributed by atoms with Gasteiger partial charge in [-0.1, -0.05) is 6.07 Å². The Labute approximate surface area is 175 Å². The van der Waals surface area contributed by atoms with Crippen LogP contribution in [0.25, 0.3) is 6.08 Å². The fourth-order valence-electron chi connectivity index (χ4n) is 1.53. The first-order valence-corrected chi connectivity index (χ1v) is 6.52. The third-order valence-electron chi connectivity index (χ3n) is 2.60. The number of nitrogens with zero attached hydrogens (tertiary/aromatic N) is 1. The predicted octanol–water partition coefficient (Wildman–Crippen LogP) is -1.05. The third-order valence-corrected chi connectivity index (χ3v) is 2.60. The van der Waals surface area contributed by atoms with Crippen molar-refractivity contribution in [2.45, 2.75) is 12.8 Å². The van der Waals surface area contributed by atoms with Gasteiger partial charge < -0.3 is 19.4 Å². The van der Waals surface area contributed by atoms with Gasteiger partial charge in [-0.25, -0.2) is 4.79 Å². The number of benzene rings is 1. The summed E-state index contributed by atoms with van der Waals surface area (Å²) in [6.07, 6.45) is 3.67. The molecular weight excluding hydrogens is 333 g/mol. The van der Waals surface area contributed by atoms with Gasteiger partial charge in [0.05, 0.1) is 20.3 Å². The Morgan fingerprint density at radius 3 is 2.70 bits per heavy atom. The molecule has 0 spiro atoms. The van der Waals surface area contributed by atoms with Gasteiger partial charge in [-0.3, -0.25) is 0 Å². The van der Waals surface area contributed by atoms with Crippen molar-refractivity contribution in [3.05, 3.63) is 40.0 Å². The number of carbonyl (C=O) groups excluding carboxylic acids is 1. The Kier molecular flexibility index (Phi) is 11.7. The Balaban J connectivity index is 0.00000484. The number of methoxy groups -OCH3 is 1. The Hall–Kier alpha value is -1.13. The van der Waals surface area contributed by atoms with E-state index in [0.29, 0.717) is 24.2 Å². The van der Waals surface area contributed by atoms with Gasteiger partial charge in [-0.15, -0.1) is 10.1 Å². The molecule has 23 heavy (non-hydrogen) atoms. The number of phenolic OH excluding ortho intramolecular Hbond substituents is 1. The molecule has 1 aromatic carbocycles. The monoisotopic (exact) mass is 350 g/mol. The molecule has 0 aromatic heterocycles. The summed E-state index contributed by atoms with van der Waals surface area (Å²) in [6, 6.07) is 4.66. The predicted molar refractivity (Wildman–Crippen MR) is 76.8 cm³/mol. The van der Waals surface area contributed by atoms with E-state index in [1.165, 1.54) is 25.3 Å². The smallest absolute Gasteiger partial charge is 0.504 e. The summed E-state index contributed by atoms with van der Waals surface area (Å²) in [7, 11) is 1.43. The Bertz CT molecular complexity index is 548. The summed E-state index contributed by atoms with van der Waals surface area (Å²) >= 11 is 0. The zero-order valence-electron chi connectivity index (χ0n) is 13.1. The summed E-state index contributed by atoms with van der Waals surface area (Å²) in [5.41, 5.74) is 0.672. The summed E-state index contributed by atoms with van der Waals surface area (Å²) < 4.78 is 9.87. The quantitative estimate of drug-likeness (QED) is 0.151. The second-order valence-corrected chi connectivity index (χ2v) is 4.20. The van der Waals surface area contributed by atoms with E-state index < -0.39 is 11.1 Å². The van der Waals surface area contributed by atoms with Gasteiger partial charge in [0.25, 0.3) is 5.09 Å². The molecule has 0 atom stereocenters. The zero-order valence-corrected chi connectivity index (χ0v) is 16.2. The van der Waals surface area contributed by atoms with Crippen molar-refractivity contribution in [2.24, 2.45) is 0 Å². The third kappa shape index (κ3) is 9.56. The SMILES string of the molecule is COc1cc(C=CC(=O)OCCCCO[N+](=O)[O-])ccc1O.[K+]. The van der Waals surface area contributed by atoms with Crippen LogP contribution in [0.5, 0.6) is 11.5 Å². The molecule has 8 nitrogen and oxygen atoms in total. The Morgan fingerprint density at radius 2 is 2.04 bits per heavy atom. The first-order valence-electron chi connectivity index (χ1n) is 6.52. The Morgan fingerprint density at radius 1 is 1.35 bits per heavy atom. The fraction of sp³-hybridized carbons (Fsp3) is 0.357. The molecule has 120 valence electrons. The van der Waals surface area contributed by atoms with Crippen molar-refractivity contribution in [3.63, 3.8) is 0 Å². The van der Waals surface area contributed by atoms with E-state index in [-0.39, 0.29) is 70.3 Å². The van der Waals surface area contributed by atoms with E-state index in [9.17, 15) is 20.0 Å². The van der Waals surface area contributed by atoms with Gasteiger partial charge in [0, 0.05) is 6.08 Å². The number of ether oxygens (including phenoxy) is 2. The molecular formula is C14H17KNO7+. The van der Waals surface area contributed by atoms with E-state index in [4.69, 9.17) is 9.47 Å². The number of hydrogen-bond acceptors (Lipinski definition) is 7. The van der Waals surface area contributed by atoms with Crippen LogP contribution in [0.2, 0.25) is 0 Å². The van der Waals surface area contributed by atoms with Crippen LogP contribution in [-0.4, -0.2) is 36.5 Å². The topological polar surface area (TPSA) is 108 Å². The van der Waals surface area contributed by atoms with Crippen molar-refractivity contribution in [1.29, 1.82) is 0 Å². The van der Waals surface area contributed by atoms with Crippen LogP contribution in [0.3, 0.4) is 0 Å². The van der Waals surface area contributed by atoms with Gasteiger partial charge in [0.15, 0.2) is 11.5 Å². The minimum absolute atomic E-state index is 0. The fourth-order valence-corrected chi connectivity index (χ4v) is 1.53. The van der Waals surface area contributed by atoms with Crippen LogP contribution >= 0.6 is 0 Å². The number of aromatic hydroxyl groups is 1. The van der Waals surface area contributed by atoms with Crippen LogP contribution in [0, 0.1) is 10.1 Å². The van der Waals surface area contributed by atoms with Crippen LogP contribution in [0.4, 0.5) is 0 Å². The van der Waals surface area contributed by atoms with Crippen molar-refractivity contribution in [1.82, 2.24) is 0 Å². The van der Waals surface area contributed by atoms with Crippen molar-refractivity contribution in [2.75, 3.05) is 20.3 Å². The number of phenols is 1. The molecule has 9 heteroatoms. The maximum atomic E-state index is 11.4. The van der Waals surface area contributed by atoms with E-state index >= 15 is 0 Å². The van der Waals surface area contributed by atoms with Gasteiger partial charge in [0.2, 0.25) is 0 Å². The van der Waals surface area contributed by atoms with E-state index in [1.54, 1.807) is 12.1 Å². The normalized spacial score (nSPS) is 9.96. The maximum absolute atomic E-state index is 11.4. The zero-order chi connectivity index (χ0) is 16.4. The first kappa shape index (κ1) is 21.9. The molecule has 1 rings (SSSR count). The van der Waals surface area contributed by atoms with Gasteiger partial charge in [0.1, 0.15) is 0 Å². The molecule has 0 saturated carbocycles. The van der Waals surface area contributed by atoms with Gasteiger partial charge in [-0.2, -0.15) is 0 Å². The average molecular weight is 350 g/mol. The van der Waals surface area contributed by atoms with E-state index in [0.717, 1.165) is 0 Å². The number of carbonyl (C=O) groups is 1. The van der Waals surface area contributed by atoms with Gasteiger partial charge >= 0.3 is 57.4 Å². The number of hydrogen-bond donors (Lipinski definition) is 1. The maximum Gasteiger partial charge on any atom is 1.00 e. The van der Waals surface area contributed by atoms with Gasteiger partial charge in [-0.05, 0) is 36.6 Å². The molecule has 1 N–H and O–H groups in total. The molecule has 1 aromatic rings. The molecule has 0 amide bonds. The molecule has 0 heterocycles. The van der Waals surface area contributed by atoms with Crippen molar-refractivity contribution < 1.29 is 80.7 Å². The van der Waals surface area contributed by atoms with E-state index in [1.807, 2.05) is 0 Å². The minimum Gasteiger partial charge on any atom is -0.504 e. The van der Waals surface area contributed by atoms with Crippen LogP contribution in [-0.2, 0) is 14.4 Å². The summed E-state index contributed by atoms with van der Waals surface area (Å²) in [6.45, 7) is 0.136. The minimum atomic E-state index is -0.860. The summed E-state index contributed by atoms with van der Waals surface area (Å²) in [5, 5.41) is 18.5. The van der Waals surface area contributed by atoms with E-state index in [2.05, 4.69) is 4.84 Å². The number of rotatable bonds is 9. The number of unbranched alkanes of at least 4 members (excludes halogenated alkanes) is 1. The van der Waals surface area contributed by atoms with Crippen LogP contribution in [0.15, 0.2) is 24.3 Å². The molecule has 0 aliphatic carbocycles. The standard InChI is InChI=1S/C14H17NO7.K/c1-20-13-10-11(4-6-12(13)16)5-7-14(17)21-8-2-3-9-22-15(18)19;/h4-7,10,16H,2-3,8-9H2,1H3;/q;+1.